The molecule has 1 amide bonds. The van der Waals surface area contributed by atoms with Crippen molar-refractivity contribution < 1.29 is 4.79 Å². The molecule has 2 heterocycles. The highest BCUT2D eigenvalue weighted by molar-refractivity contribution is 6.30. The second kappa shape index (κ2) is 8.34. The van der Waals surface area contributed by atoms with Crippen molar-refractivity contribution in [2.75, 3.05) is 11.9 Å². The Balaban J connectivity index is 1.68. The maximum absolute atomic E-state index is 12.9. The Labute approximate surface area is 154 Å². The summed E-state index contributed by atoms with van der Waals surface area (Å²) in [5, 5.41) is 4.00. The van der Waals surface area contributed by atoms with Gasteiger partial charge in [-0.15, -0.1) is 0 Å². The van der Waals surface area contributed by atoms with Crippen LogP contribution in [-0.4, -0.2) is 28.4 Å². The molecule has 5 heteroatoms. The summed E-state index contributed by atoms with van der Waals surface area (Å²) in [6.07, 6.45) is 6.12. The first-order valence-electron chi connectivity index (χ1n) is 8.92. The van der Waals surface area contributed by atoms with Gasteiger partial charge >= 0.3 is 0 Å². The second-order valence-electron chi connectivity index (χ2n) is 6.47. The fourth-order valence-corrected chi connectivity index (χ4v) is 3.44. The van der Waals surface area contributed by atoms with Crippen LogP contribution in [0.4, 0.5) is 5.82 Å². The second-order valence-corrected chi connectivity index (χ2v) is 6.90. The lowest BCUT2D eigenvalue weighted by molar-refractivity contribution is 0.0608. The van der Waals surface area contributed by atoms with Crippen molar-refractivity contribution in [1.29, 1.82) is 0 Å². The van der Waals surface area contributed by atoms with Crippen LogP contribution >= 0.6 is 11.6 Å². The van der Waals surface area contributed by atoms with Gasteiger partial charge in [0.05, 0.1) is 0 Å². The average molecular weight is 358 g/mol. The SMILES string of the molecule is CCC1CCCCN1C(=O)c1ccnc(NCc2ccc(Cl)cc2)c1. The van der Waals surface area contributed by atoms with Crippen LogP contribution < -0.4 is 5.32 Å². The third kappa shape index (κ3) is 4.51. The summed E-state index contributed by atoms with van der Waals surface area (Å²) < 4.78 is 0. The predicted molar refractivity (Wildman–Crippen MR) is 102 cm³/mol. The topological polar surface area (TPSA) is 45.2 Å². The molecule has 1 aliphatic heterocycles. The van der Waals surface area contributed by atoms with E-state index >= 15 is 0 Å². The van der Waals surface area contributed by atoms with Gasteiger partial charge in [-0.2, -0.15) is 0 Å². The Morgan fingerprint density at radius 2 is 2.08 bits per heavy atom. The Bertz CT molecular complexity index is 717. The first-order chi connectivity index (χ1) is 12.2. The molecule has 25 heavy (non-hydrogen) atoms. The highest BCUT2D eigenvalue weighted by Gasteiger charge is 2.26. The minimum Gasteiger partial charge on any atom is -0.366 e. The number of piperidine rings is 1. The smallest absolute Gasteiger partial charge is 0.254 e. The van der Waals surface area contributed by atoms with Crippen LogP contribution in [0.25, 0.3) is 0 Å². The molecule has 0 radical (unpaired) electrons. The molecule has 0 saturated carbocycles. The molecule has 4 nitrogen and oxygen atoms in total. The van der Waals surface area contributed by atoms with Gasteiger partial charge in [-0.3, -0.25) is 4.79 Å². The van der Waals surface area contributed by atoms with Crippen LogP contribution in [0.3, 0.4) is 0 Å². The summed E-state index contributed by atoms with van der Waals surface area (Å²) >= 11 is 5.91. The first kappa shape index (κ1) is 17.7. The number of halogens is 1. The van der Waals surface area contributed by atoms with Crippen molar-refractivity contribution >= 4 is 23.3 Å². The third-order valence-electron chi connectivity index (χ3n) is 4.75. The van der Waals surface area contributed by atoms with Gasteiger partial charge in [0.1, 0.15) is 5.82 Å². The molecule has 1 atom stereocenters. The number of amides is 1. The molecule has 3 rings (SSSR count). The van der Waals surface area contributed by atoms with E-state index in [1.807, 2.05) is 35.2 Å². The molecule has 0 spiro atoms. The van der Waals surface area contributed by atoms with Crippen LogP contribution in [-0.2, 0) is 6.54 Å². The molecule has 0 bridgehead atoms. The van der Waals surface area contributed by atoms with Crippen LogP contribution in [0.5, 0.6) is 0 Å². The number of hydrogen-bond acceptors (Lipinski definition) is 3. The van der Waals surface area contributed by atoms with E-state index < -0.39 is 0 Å². The Hall–Kier alpha value is -2.07. The highest BCUT2D eigenvalue weighted by Crippen LogP contribution is 2.22. The van der Waals surface area contributed by atoms with Crippen LogP contribution in [0.1, 0.15) is 48.5 Å². The van der Waals surface area contributed by atoms with E-state index in [2.05, 4.69) is 17.2 Å². The lowest BCUT2D eigenvalue weighted by Gasteiger charge is -2.35. The first-order valence-corrected chi connectivity index (χ1v) is 9.30. The molecule has 132 valence electrons. The number of rotatable bonds is 5. The number of hydrogen-bond donors (Lipinski definition) is 1. The minimum atomic E-state index is 0.114. The van der Waals surface area contributed by atoms with Gasteiger partial charge in [-0.1, -0.05) is 30.7 Å². The van der Waals surface area contributed by atoms with Gasteiger partial charge in [0.15, 0.2) is 0 Å². The number of aromatic nitrogens is 1. The fraction of sp³-hybridized carbons (Fsp3) is 0.400. The summed E-state index contributed by atoms with van der Waals surface area (Å²) in [5.41, 5.74) is 1.82. The van der Waals surface area contributed by atoms with E-state index in [-0.39, 0.29) is 5.91 Å². The zero-order valence-electron chi connectivity index (χ0n) is 14.5. The van der Waals surface area contributed by atoms with E-state index in [4.69, 9.17) is 11.6 Å². The van der Waals surface area contributed by atoms with Crippen LogP contribution in [0, 0.1) is 0 Å². The van der Waals surface area contributed by atoms with Gasteiger partial charge in [0.25, 0.3) is 5.91 Å². The molecule has 1 saturated heterocycles. The zero-order chi connectivity index (χ0) is 17.6. The quantitative estimate of drug-likeness (QED) is 0.839. The van der Waals surface area contributed by atoms with Gasteiger partial charge in [-0.25, -0.2) is 4.98 Å². The summed E-state index contributed by atoms with van der Waals surface area (Å²) in [7, 11) is 0. The third-order valence-corrected chi connectivity index (χ3v) is 5.00. The van der Waals surface area contributed by atoms with E-state index in [1.54, 1.807) is 12.3 Å². The monoisotopic (exact) mass is 357 g/mol. The normalized spacial score (nSPS) is 17.4. The molecular formula is C20H24ClN3O. The van der Waals surface area contributed by atoms with Crippen molar-refractivity contribution in [2.24, 2.45) is 0 Å². The number of nitrogens with one attached hydrogen (secondary N) is 1. The molecule has 2 aromatic rings. The van der Waals surface area contributed by atoms with Crippen molar-refractivity contribution in [3.63, 3.8) is 0 Å². The molecule has 0 aliphatic carbocycles. The fourth-order valence-electron chi connectivity index (χ4n) is 3.31. The average Bonchev–Trinajstić information content (AvgIpc) is 2.67. The summed E-state index contributed by atoms with van der Waals surface area (Å²) in [6, 6.07) is 11.7. The van der Waals surface area contributed by atoms with Gasteiger partial charge in [0, 0.05) is 35.9 Å². The van der Waals surface area contributed by atoms with E-state index in [0.717, 1.165) is 36.4 Å². The van der Waals surface area contributed by atoms with Crippen LogP contribution in [0.2, 0.25) is 5.02 Å². The van der Waals surface area contributed by atoms with Crippen molar-refractivity contribution in [3.8, 4) is 0 Å². The van der Waals surface area contributed by atoms with Crippen molar-refractivity contribution in [1.82, 2.24) is 9.88 Å². The number of benzene rings is 1. The van der Waals surface area contributed by atoms with Crippen molar-refractivity contribution in [2.45, 2.75) is 45.2 Å². The Kier molecular flexibility index (Phi) is 5.92. The number of carbonyl (C=O) groups is 1. The molecule has 1 aromatic carbocycles. The number of anilines is 1. The molecule has 1 fully saturated rings. The van der Waals surface area contributed by atoms with E-state index in [1.165, 1.54) is 6.42 Å². The summed E-state index contributed by atoms with van der Waals surface area (Å²) in [6.45, 7) is 3.65. The standard InChI is InChI=1S/C20H24ClN3O/c1-2-18-5-3-4-12-24(18)20(25)16-10-11-22-19(13-16)23-14-15-6-8-17(21)9-7-15/h6-11,13,18H,2-5,12,14H2,1H3,(H,22,23). The lowest BCUT2D eigenvalue weighted by atomic mass is 9.99. The van der Waals surface area contributed by atoms with E-state index in [0.29, 0.717) is 24.0 Å². The minimum absolute atomic E-state index is 0.114. The summed E-state index contributed by atoms with van der Waals surface area (Å²) in [5.74, 6) is 0.828. The van der Waals surface area contributed by atoms with Gasteiger partial charge in [0.2, 0.25) is 0 Å². The van der Waals surface area contributed by atoms with Gasteiger partial charge < -0.3 is 10.2 Å². The predicted octanol–water partition coefficient (Wildman–Crippen LogP) is 4.75. The number of nitrogens with zero attached hydrogens (tertiary/aromatic N) is 2. The molecule has 1 N–H and O–H groups in total. The number of carbonyl (C=O) groups excluding carboxylic acids is 1. The lowest BCUT2D eigenvalue weighted by Crippen LogP contribution is -2.43. The number of likely N-dealkylation sites (tertiary alicyclic amines) is 1. The maximum Gasteiger partial charge on any atom is 0.254 e. The molecule has 1 aliphatic rings. The Morgan fingerprint density at radius 3 is 2.84 bits per heavy atom. The molecule has 1 unspecified atom stereocenters. The molecule has 1 aromatic heterocycles. The largest absolute Gasteiger partial charge is 0.366 e. The van der Waals surface area contributed by atoms with Crippen molar-refractivity contribution in [3.05, 3.63) is 58.7 Å². The highest BCUT2D eigenvalue weighted by atomic mass is 35.5. The zero-order valence-corrected chi connectivity index (χ0v) is 15.3. The summed E-state index contributed by atoms with van der Waals surface area (Å²) in [4.78, 5) is 19.2. The number of pyridine rings is 1. The Morgan fingerprint density at radius 1 is 1.28 bits per heavy atom. The van der Waals surface area contributed by atoms with Gasteiger partial charge in [-0.05, 0) is 55.5 Å². The van der Waals surface area contributed by atoms with Crippen LogP contribution in [0.15, 0.2) is 42.6 Å². The maximum atomic E-state index is 12.9. The molecular weight excluding hydrogens is 334 g/mol. The van der Waals surface area contributed by atoms with E-state index in [9.17, 15) is 4.79 Å².